The van der Waals surface area contributed by atoms with Gasteiger partial charge in [-0.1, -0.05) is 23.7 Å². The summed E-state index contributed by atoms with van der Waals surface area (Å²) in [6.07, 6.45) is 3.63. The van der Waals surface area contributed by atoms with Crippen molar-refractivity contribution in [1.82, 2.24) is 20.9 Å². The third-order valence-electron chi connectivity index (χ3n) is 5.97. The largest absolute Gasteiger partial charge is 0.493 e. The second-order valence-electron chi connectivity index (χ2n) is 7.71. The molecule has 7 nitrogen and oxygen atoms in total. The Balaban J connectivity index is 1.57. The number of hydrogen-bond acceptors (Lipinski definition) is 7. The van der Waals surface area contributed by atoms with Crippen LogP contribution in [-0.2, 0) is 6.54 Å². The molecule has 2 fully saturated rings. The molecule has 0 bridgehead atoms. The summed E-state index contributed by atoms with van der Waals surface area (Å²) in [7, 11) is 3.39. The highest BCUT2D eigenvalue weighted by Crippen LogP contribution is 2.35. The van der Waals surface area contributed by atoms with Crippen molar-refractivity contribution in [2.75, 3.05) is 27.3 Å². The SMILES string of the molecule is COc1cccc(CN2CCCCC2C2NNCC2c2cc(C)no2)c1OC. The standard InChI is InChI=1S/C21H30N4O3/c1-14-11-19(28-24-14)16-12-22-23-20(16)17-8-4-5-10-25(17)13-15-7-6-9-18(26-2)21(15)27-3/h6-7,9,11,16-17,20,22-23H,4-5,8,10,12-13H2,1-3H3. The number of hydrogen-bond donors (Lipinski definition) is 2. The lowest BCUT2D eigenvalue weighted by Gasteiger charge is -2.40. The van der Waals surface area contributed by atoms with Crippen LogP contribution in [0.15, 0.2) is 28.8 Å². The summed E-state index contributed by atoms with van der Waals surface area (Å²) in [6.45, 7) is 4.74. The zero-order valence-corrected chi connectivity index (χ0v) is 16.9. The topological polar surface area (TPSA) is 71.8 Å². The highest BCUT2D eigenvalue weighted by molar-refractivity contribution is 5.46. The molecule has 2 aliphatic rings. The van der Waals surface area contributed by atoms with Gasteiger partial charge in [0.15, 0.2) is 11.5 Å². The van der Waals surface area contributed by atoms with E-state index in [1.54, 1.807) is 14.2 Å². The monoisotopic (exact) mass is 386 g/mol. The predicted molar refractivity (Wildman–Crippen MR) is 107 cm³/mol. The Morgan fingerprint density at radius 3 is 2.89 bits per heavy atom. The van der Waals surface area contributed by atoms with Crippen LogP contribution >= 0.6 is 0 Å². The van der Waals surface area contributed by atoms with Crippen LogP contribution < -0.4 is 20.3 Å². The van der Waals surface area contributed by atoms with Gasteiger partial charge in [0.2, 0.25) is 0 Å². The van der Waals surface area contributed by atoms with E-state index < -0.39 is 0 Å². The molecule has 4 rings (SSSR count). The van der Waals surface area contributed by atoms with Crippen molar-refractivity contribution < 1.29 is 14.0 Å². The van der Waals surface area contributed by atoms with Gasteiger partial charge in [-0.15, -0.1) is 0 Å². The van der Waals surface area contributed by atoms with Crippen LogP contribution in [0.3, 0.4) is 0 Å². The van der Waals surface area contributed by atoms with Crippen LogP contribution in [0.2, 0.25) is 0 Å². The number of nitrogens with zero attached hydrogens (tertiary/aromatic N) is 2. The van der Waals surface area contributed by atoms with Crippen LogP contribution in [0.5, 0.6) is 11.5 Å². The molecule has 0 amide bonds. The van der Waals surface area contributed by atoms with Crippen molar-refractivity contribution in [2.45, 2.75) is 50.7 Å². The molecule has 28 heavy (non-hydrogen) atoms. The van der Waals surface area contributed by atoms with Gasteiger partial charge >= 0.3 is 0 Å². The average molecular weight is 386 g/mol. The van der Waals surface area contributed by atoms with Gasteiger partial charge in [-0.25, -0.2) is 0 Å². The fraction of sp³-hybridized carbons (Fsp3) is 0.571. The number of likely N-dealkylation sites (tertiary alicyclic amines) is 1. The average Bonchev–Trinajstić information content (AvgIpc) is 3.37. The maximum absolute atomic E-state index is 5.66. The zero-order chi connectivity index (χ0) is 19.5. The molecule has 2 aromatic rings. The molecule has 0 spiro atoms. The number of para-hydroxylation sites is 1. The molecule has 3 unspecified atom stereocenters. The van der Waals surface area contributed by atoms with Crippen molar-refractivity contribution in [3.05, 3.63) is 41.3 Å². The van der Waals surface area contributed by atoms with Crippen molar-refractivity contribution in [1.29, 1.82) is 0 Å². The molecule has 152 valence electrons. The van der Waals surface area contributed by atoms with Gasteiger partial charge in [-0.05, 0) is 32.4 Å². The van der Waals surface area contributed by atoms with Crippen LogP contribution in [0.4, 0.5) is 0 Å². The Kier molecular flexibility index (Phi) is 5.85. The van der Waals surface area contributed by atoms with E-state index in [9.17, 15) is 0 Å². The summed E-state index contributed by atoms with van der Waals surface area (Å²) >= 11 is 0. The lowest BCUT2D eigenvalue weighted by Crippen LogP contribution is -2.52. The highest BCUT2D eigenvalue weighted by atomic mass is 16.5. The van der Waals surface area contributed by atoms with Crippen molar-refractivity contribution in [3.8, 4) is 11.5 Å². The van der Waals surface area contributed by atoms with Crippen molar-refractivity contribution >= 4 is 0 Å². The van der Waals surface area contributed by atoms with Crippen molar-refractivity contribution in [2.24, 2.45) is 0 Å². The lowest BCUT2D eigenvalue weighted by atomic mass is 9.86. The molecule has 2 saturated heterocycles. The molecule has 2 aliphatic heterocycles. The zero-order valence-electron chi connectivity index (χ0n) is 16.9. The summed E-state index contributed by atoms with van der Waals surface area (Å²) in [5.41, 5.74) is 8.95. The first-order valence-electron chi connectivity index (χ1n) is 10.1. The van der Waals surface area contributed by atoms with Gasteiger partial charge in [0.25, 0.3) is 0 Å². The minimum absolute atomic E-state index is 0.277. The maximum atomic E-state index is 5.66. The van der Waals surface area contributed by atoms with Gasteiger partial charge in [-0.3, -0.25) is 15.8 Å². The minimum atomic E-state index is 0.277. The number of nitrogens with one attached hydrogen (secondary N) is 2. The molecule has 0 aliphatic carbocycles. The predicted octanol–water partition coefficient (Wildman–Crippen LogP) is 2.61. The van der Waals surface area contributed by atoms with Crippen LogP contribution in [0, 0.1) is 6.92 Å². The highest BCUT2D eigenvalue weighted by Gasteiger charge is 2.40. The quantitative estimate of drug-likeness (QED) is 0.791. The number of hydrazine groups is 1. The van der Waals surface area contributed by atoms with E-state index in [1.807, 2.05) is 19.1 Å². The van der Waals surface area contributed by atoms with Crippen LogP contribution in [-0.4, -0.2) is 49.4 Å². The molecule has 0 radical (unpaired) electrons. The summed E-state index contributed by atoms with van der Waals surface area (Å²) in [5, 5.41) is 4.09. The van der Waals surface area contributed by atoms with Crippen LogP contribution in [0.25, 0.3) is 0 Å². The van der Waals surface area contributed by atoms with Gasteiger partial charge < -0.3 is 14.0 Å². The first kappa shape index (κ1) is 19.2. The second kappa shape index (κ2) is 8.51. The van der Waals surface area contributed by atoms with E-state index in [0.717, 1.165) is 54.6 Å². The number of ether oxygens (including phenoxy) is 2. The molecular formula is C21H30N4O3. The Bertz CT molecular complexity index is 794. The molecule has 7 heteroatoms. The number of aryl methyl sites for hydroxylation is 1. The van der Waals surface area contributed by atoms with Gasteiger partial charge in [0.1, 0.15) is 5.76 Å². The van der Waals surface area contributed by atoms with Crippen molar-refractivity contribution in [3.63, 3.8) is 0 Å². The first-order valence-corrected chi connectivity index (χ1v) is 10.1. The third-order valence-corrected chi connectivity index (χ3v) is 5.97. The molecule has 2 N–H and O–H groups in total. The molecule has 1 aromatic heterocycles. The Hall–Kier alpha value is -2.09. The smallest absolute Gasteiger partial charge is 0.165 e. The van der Waals surface area contributed by atoms with E-state index in [4.69, 9.17) is 14.0 Å². The lowest BCUT2D eigenvalue weighted by molar-refractivity contribution is 0.102. The maximum Gasteiger partial charge on any atom is 0.165 e. The Morgan fingerprint density at radius 2 is 2.14 bits per heavy atom. The number of piperidine rings is 1. The van der Waals surface area contributed by atoms with E-state index in [2.05, 4.69) is 33.0 Å². The number of aromatic nitrogens is 1. The second-order valence-corrected chi connectivity index (χ2v) is 7.71. The van der Waals surface area contributed by atoms with E-state index in [-0.39, 0.29) is 12.0 Å². The fourth-order valence-electron chi connectivity index (χ4n) is 4.63. The van der Waals surface area contributed by atoms with Gasteiger partial charge in [0, 0.05) is 36.8 Å². The van der Waals surface area contributed by atoms with Crippen LogP contribution in [0.1, 0.15) is 42.2 Å². The summed E-state index contributed by atoms with van der Waals surface area (Å²) in [6, 6.07) is 8.86. The Morgan fingerprint density at radius 1 is 1.25 bits per heavy atom. The van der Waals surface area contributed by atoms with E-state index >= 15 is 0 Å². The molecule has 3 heterocycles. The van der Waals surface area contributed by atoms with E-state index in [1.165, 1.54) is 12.8 Å². The molecule has 1 aromatic carbocycles. The van der Waals surface area contributed by atoms with Gasteiger partial charge in [0.05, 0.1) is 25.8 Å². The Labute approximate surface area is 166 Å². The molecule has 3 atom stereocenters. The molecular weight excluding hydrogens is 356 g/mol. The van der Waals surface area contributed by atoms with E-state index in [0.29, 0.717) is 6.04 Å². The third kappa shape index (κ3) is 3.74. The first-order chi connectivity index (χ1) is 13.7. The fourth-order valence-corrected chi connectivity index (χ4v) is 4.63. The summed E-state index contributed by atoms with van der Waals surface area (Å²) in [5.74, 6) is 2.85. The molecule has 0 saturated carbocycles. The number of rotatable bonds is 6. The minimum Gasteiger partial charge on any atom is -0.493 e. The normalized spacial score (nSPS) is 25.8. The summed E-state index contributed by atoms with van der Waals surface area (Å²) < 4.78 is 16.7. The number of methoxy groups -OCH3 is 2. The van der Waals surface area contributed by atoms with Gasteiger partial charge in [-0.2, -0.15) is 0 Å². The summed E-state index contributed by atoms with van der Waals surface area (Å²) in [4.78, 5) is 2.57. The number of benzene rings is 1.